The van der Waals surface area contributed by atoms with Gasteiger partial charge in [0.15, 0.2) is 0 Å². The van der Waals surface area contributed by atoms with Crippen LogP contribution < -0.4 is 20.3 Å². The largest absolute Gasteiger partial charge is 0.484 e. The number of benzene rings is 1. The molecule has 41 heavy (non-hydrogen) atoms. The van der Waals surface area contributed by atoms with Crippen molar-refractivity contribution in [3.63, 3.8) is 0 Å². The summed E-state index contributed by atoms with van der Waals surface area (Å²) in [5, 5.41) is 7.12. The summed E-state index contributed by atoms with van der Waals surface area (Å²) < 4.78 is 23.4. The predicted molar refractivity (Wildman–Crippen MR) is 164 cm³/mol. The van der Waals surface area contributed by atoms with Crippen LogP contribution in [0.25, 0.3) is 0 Å². The minimum Gasteiger partial charge on any atom is -0.484 e. The van der Waals surface area contributed by atoms with Gasteiger partial charge in [0.05, 0.1) is 31.0 Å². The molecule has 2 fully saturated rings. The van der Waals surface area contributed by atoms with Gasteiger partial charge in [0.1, 0.15) is 11.4 Å². The van der Waals surface area contributed by atoms with Crippen molar-refractivity contribution >= 4 is 11.6 Å². The van der Waals surface area contributed by atoms with Crippen molar-refractivity contribution < 1.29 is 23.7 Å². The fourth-order valence-electron chi connectivity index (χ4n) is 6.57. The molecule has 0 bridgehead atoms. The van der Waals surface area contributed by atoms with Gasteiger partial charge in [-0.2, -0.15) is 0 Å². The highest BCUT2D eigenvalue weighted by molar-refractivity contribution is 5.79. The van der Waals surface area contributed by atoms with Gasteiger partial charge in [-0.1, -0.05) is 19.9 Å². The third-order valence-corrected chi connectivity index (χ3v) is 9.10. The molecule has 0 radical (unpaired) electrons. The lowest BCUT2D eigenvalue weighted by molar-refractivity contribution is -0.128. The Morgan fingerprint density at radius 3 is 2.54 bits per heavy atom. The second-order valence-corrected chi connectivity index (χ2v) is 13.4. The molecule has 3 aliphatic rings. The van der Waals surface area contributed by atoms with Crippen LogP contribution in [0.4, 0.5) is 5.69 Å². The standard InChI is InChI=1S/C33H55N3O5/c1-23(2)29(35-32(37)25-9-12-27(39-6)13-10-25)19-26-11-14-28(20-34-26)40-21-24-8-15-31-30(18-24)36(16-7-17-38-5)22-33(3,4)41-31/h8,15,18,23,25-29,34H,7,9-14,16-17,19-22H2,1-6H3,(H,35,37)/t25-,26-,27-,28+,29+/m0/s1. The molecule has 2 N–H and O–H groups in total. The second-order valence-electron chi connectivity index (χ2n) is 13.4. The van der Waals surface area contributed by atoms with E-state index in [9.17, 15) is 4.79 Å². The highest BCUT2D eigenvalue weighted by atomic mass is 16.5. The minimum atomic E-state index is -0.219. The van der Waals surface area contributed by atoms with Gasteiger partial charge >= 0.3 is 0 Å². The van der Waals surface area contributed by atoms with Crippen molar-refractivity contribution in [1.29, 1.82) is 0 Å². The number of ether oxygens (including phenoxy) is 4. The first-order valence-corrected chi connectivity index (χ1v) is 15.9. The Balaban J connectivity index is 1.23. The number of carbonyl (C=O) groups is 1. The summed E-state index contributed by atoms with van der Waals surface area (Å²) in [4.78, 5) is 15.4. The van der Waals surface area contributed by atoms with Gasteiger partial charge in [-0.15, -0.1) is 0 Å². The number of piperidine rings is 1. The lowest BCUT2D eigenvalue weighted by Crippen LogP contribution is -2.49. The molecule has 2 heterocycles. The fraction of sp³-hybridized carbons (Fsp3) is 0.788. The molecular formula is C33H55N3O5. The molecule has 232 valence electrons. The van der Waals surface area contributed by atoms with Crippen molar-refractivity contribution in [2.75, 3.05) is 45.4 Å². The zero-order chi connectivity index (χ0) is 29.4. The van der Waals surface area contributed by atoms with E-state index in [2.05, 4.69) is 61.4 Å². The van der Waals surface area contributed by atoms with Crippen LogP contribution in [0.15, 0.2) is 18.2 Å². The van der Waals surface area contributed by atoms with Gasteiger partial charge in [0.2, 0.25) is 5.91 Å². The number of fused-ring (bicyclic) bond motifs is 1. The van der Waals surface area contributed by atoms with E-state index < -0.39 is 0 Å². The highest BCUT2D eigenvalue weighted by Gasteiger charge is 2.33. The second kappa shape index (κ2) is 15.0. The van der Waals surface area contributed by atoms with E-state index in [1.54, 1.807) is 14.2 Å². The van der Waals surface area contributed by atoms with E-state index in [-0.39, 0.29) is 29.6 Å². The maximum absolute atomic E-state index is 13.0. The first kappa shape index (κ1) is 32.1. The van der Waals surface area contributed by atoms with Gasteiger partial charge in [0.25, 0.3) is 0 Å². The van der Waals surface area contributed by atoms with Crippen molar-refractivity contribution in [3.8, 4) is 5.75 Å². The van der Waals surface area contributed by atoms with Gasteiger partial charge < -0.3 is 34.5 Å². The SMILES string of the molecule is COCCCN1CC(C)(C)Oc2ccc(CO[C@@H]3CC[C@@H](C[C@@H](NC(=O)[C@H]4CC[C@H](OC)CC4)C(C)C)NC3)cc21. The first-order chi connectivity index (χ1) is 19.7. The number of amides is 1. The van der Waals surface area contributed by atoms with Crippen molar-refractivity contribution in [2.24, 2.45) is 11.8 Å². The van der Waals surface area contributed by atoms with Gasteiger partial charge in [0, 0.05) is 51.9 Å². The lowest BCUT2D eigenvalue weighted by atomic mass is 9.85. The van der Waals surface area contributed by atoms with Crippen LogP contribution >= 0.6 is 0 Å². The van der Waals surface area contributed by atoms with Crippen LogP contribution in [0.2, 0.25) is 0 Å². The zero-order valence-corrected chi connectivity index (χ0v) is 26.4. The van der Waals surface area contributed by atoms with Crippen LogP contribution in [0.5, 0.6) is 5.75 Å². The zero-order valence-electron chi connectivity index (χ0n) is 26.4. The first-order valence-electron chi connectivity index (χ1n) is 15.9. The van der Waals surface area contributed by atoms with Gasteiger partial charge in [-0.05, 0) is 88.8 Å². The molecule has 0 unspecified atom stereocenters. The summed E-state index contributed by atoms with van der Waals surface area (Å²) in [7, 11) is 3.53. The highest BCUT2D eigenvalue weighted by Crippen LogP contribution is 2.38. The van der Waals surface area contributed by atoms with Gasteiger partial charge in [-0.25, -0.2) is 0 Å². The Labute approximate surface area is 248 Å². The van der Waals surface area contributed by atoms with E-state index in [1.165, 1.54) is 5.56 Å². The molecule has 8 heteroatoms. The third-order valence-electron chi connectivity index (χ3n) is 9.10. The van der Waals surface area contributed by atoms with Crippen molar-refractivity contribution in [1.82, 2.24) is 10.6 Å². The number of nitrogens with zero attached hydrogens (tertiary/aromatic N) is 1. The van der Waals surface area contributed by atoms with Crippen LogP contribution in [-0.4, -0.2) is 76.3 Å². The van der Waals surface area contributed by atoms with Crippen LogP contribution in [-0.2, 0) is 25.6 Å². The molecule has 0 aromatic heterocycles. The van der Waals surface area contributed by atoms with E-state index in [4.69, 9.17) is 18.9 Å². The van der Waals surface area contributed by atoms with E-state index in [1.807, 2.05) is 0 Å². The molecule has 1 amide bonds. The Bertz CT molecular complexity index is 954. The molecule has 3 atom stereocenters. The van der Waals surface area contributed by atoms with E-state index in [0.717, 1.165) is 89.0 Å². The van der Waals surface area contributed by atoms with Crippen LogP contribution in [0, 0.1) is 11.8 Å². The summed E-state index contributed by atoms with van der Waals surface area (Å²) >= 11 is 0. The smallest absolute Gasteiger partial charge is 0.223 e. The van der Waals surface area contributed by atoms with Gasteiger partial charge in [-0.3, -0.25) is 4.79 Å². The molecule has 2 aliphatic heterocycles. The molecule has 8 nitrogen and oxygen atoms in total. The average Bonchev–Trinajstić information content (AvgIpc) is 2.96. The molecule has 4 rings (SSSR count). The molecule has 1 saturated carbocycles. The summed E-state index contributed by atoms with van der Waals surface area (Å²) in [6.07, 6.45) is 8.36. The molecule has 1 aromatic carbocycles. The Hall–Kier alpha value is -1.87. The minimum absolute atomic E-state index is 0.124. The topological polar surface area (TPSA) is 81.3 Å². The van der Waals surface area contributed by atoms with E-state index >= 15 is 0 Å². The fourth-order valence-corrected chi connectivity index (χ4v) is 6.57. The molecule has 1 aliphatic carbocycles. The number of nitrogens with one attached hydrogen (secondary N) is 2. The summed E-state index contributed by atoms with van der Waals surface area (Å²) in [6, 6.07) is 7.04. The Morgan fingerprint density at radius 1 is 1.12 bits per heavy atom. The Morgan fingerprint density at radius 2 is 1.88 bits per heavy atom. The number of hydrogen-bond acceptors (Lipinski definition) is 7. The number of hydrogen-bond donors (Lipinski definition) is 2. The quantitative estimate of drug-likeness (QED) is 0.319. The van der Waals surface area contributed by atoms with E-state index in [0.29, 0.717) is 24.7 Å². The monoisotopic (exact) mass is 573 g/mol. The predicted octanol–water partition coefficient (Wildman–Crippen LogP) is 5.07. The van der Waals surface area contributed by atoms with Crippen LogP contribution in [0.3, 0.4) is 0 Å². The average molecular weight is 574 g/mol. The third kappa shape index (κ3) is 9.31. The normalized spacial score (nSPS) is 26.8. The molecular weight excluding hydrogens is 518 g/mol. The number of anilines is 1. The lowest BCUT2D eigenvalue weighted by Gasteiger charge is -2.41. The maximum Gasteiger partial charge on any atom is 0.223 e. The molecule has 1 saturated heterocycles. The number of carbonyl (C=O) groups excluding carboxylic acids is 1. The number of methoxy groups -OCH3 is 2. The number of rotatable bonds is 13. The molecule has 1 aromatic rings. The van der Waals surface area contributed by atoms with Crippen molar-refractivity contribution in [3.05, 3.63) is 23.8 Å². The summed E-state index contributed by atoms with van der Waals surface area (Å²) in [5.41, 5.74) is 2.11. The summed E-state index contributed by atoms with van der Waals surface area (Å²) in [5.74, 6) is 1.70. The molecule has 0 spiro atoms. The van der Waals surface area contributed by atoms with Crippen molar-refractivity contribution in [2.45, 2.75) is 116 Å². The Kier molecular flexibility index (Phi) is 11.8. The summed E-state index contributed by atoms with van der Waals surface area (Å²) in [6.45, 7) is 12.7. The van der Waals surface area contributed by atoms with Crippen LogP contribution in [0.1, 0.15) is 84.6 Å². The maximum atomic E-state index is 13.0.